The maximum Gasteiger partial charge on any atom is 0.221 e. The zero-order valence-electron chi connectivity index (χ0n) is 10.3. The number of rotatable bonds is 5. The molecule has 0 atom stereocenters. The summed E-state index contributed by atoms with van der Waals surface area (Å²) in [5, 5.41) is 3.13. The lowest BCUT2D eigenvalue weighted by Gasteiger charge is -2.08. The van der Waals surface area contributed by atoms with Gasteiger partial charge in [0.1, 0.15) is 0 Å². The first-order valence-corrected chi connectivity index (χ1v) is 7.62. The summed E-state index contributed by atoms with van der Waals surface area (Å²) >= 11 is 5.69. The molecule has 0 spiro atoms. The maximum absolute atomic E-state index is 11.9. The molecule has 0 heterocycles. The fraction of sp³-hybridized carbons (Fsp3) is 0.417. The average Bonchev–Trinajstić information content (AvgIpc) is 2.26. The van der Waals surface area contributed by atoms with Gasteiger partial charge in [0, 0.05) is 17.5 Å². The second-order valence-electron chi connectivity index (χ2n) is 4.25. The van der Waals surface area contributed by atoms with Gasteiger partial charge in [0.2, 0.25) is 5.91 Å². The Kier molecular flexibility index (Phi) is 5.16. The molecule has 4 nitrogen and oxygen atoms in total. The summed E-state index contributed by atoms with van der Waals surface area (Å²) in [5.41, 5.74) is 0. The molecular formula is C12H16ClNO3S. The minimum absolute atomic E-state index is 0.00994. The Hall–Kier alpha value is -1.07. The van der Waals surface area contributed by atoms with Crippen molar-refractivity contribution in [3.63, 3.8) is 0 Å². The molecule has 1 amide bonds. The van der Waals surface area contributed by atoms with Crippen LogP contribution in [0.3, 0.4) is 0 Å². The van der Waals surface area contributed by atoms with Crippen LogP contribution < -0.4 is 5.32 Å². The summed E-state index contributed by atoms with van der Waals surface area (Å²) in [4.78, 5) is 11.6. The SMILES string of the molecule is CC(C)NC(=O)CCS(=O)(=O)c1ccc(Cl)cc1. The second-order valence-corrected chi connectivity index (χ2v) is 6.79. The van der Waals surface area contributed by atoms with Gasteiger partial charge in [-0.05, 0) is 38.1 Å². The van der Waals surface area contributed by atoms with Crippen LogP contribution >= 0.6 is 11.6 Å². The van der Waals surface area contributed by atoms with Gasteiger partial charge in [0.05, 0.1) is 10.6 Å². The molecule has 0 saturated heterocycles. The maximum atomic E-state index is 11.9. The molecule has 18 heavy (non-hydrogen) atoms. The van der Waals surface area contributed by atoms with E-state index in [-0.39, 0.29) is 29.0 Å². The third-order valence-corrected chi connectivity index (χ3v) is 4.20. The van der Waals surface area contributed by atoms with E-state index in [1.165, 1.54) is 24.3 Å². The number of carbonyl (C=O) groups excluding carboxylic acids is 1. The smallest absolute Gasteiger partial charge is 0.221 e. The lowest BCUT2D eigenvalue weighted by Crippen LogP contribution is -2.31. The number of amides is 1. The summed E-state index contributed by atoms with van der Waals surface area (Å²) in [7, 11) is -3.43. The molecule has 6 heteroatoms. The lowest BCUT2D eigenvalue weighted by atomic mass is 10.3. The highest BCUT2D eigenvalue weighted by Gasteiger charge is 2.16. The highest BCUT2D eigenvalue weighted by molar-refractivity contribution is 7.91. The molecule has 1 N–H and O–H groups in total. The van der Waals surface area contributed by atoms with Gasteiger partial charge in [-0.1, -0.05) is 11.6 Å². The molecule has 0 aliphatic rings. The van der Waals surface area contributed by atoms with Crippen LogP contribution in [0, 0.1) is 0 Å². The number of sulfone groups is 1. The van der Waals surface area contributed by atoms with Crippen molar-refractivity contribution in [2.24, 2.45) is 0 Å². The molecule has 0 radical (unpaired) electrons. The first-order valence-electron chi connectivity index (χ1n) is 5.59. The van der Waals surface area contributed by atoms with Crippen LogP contribution in [0.15, 0.2) is 29.2 Å². The molecule has 1 aromatic rings. The molecule has 1 aromatic carbocycles. The van der Waals surface area contributed by atoms with Crippen molar-refractivity contribution in [1.29, 1.82) is 0 Å². The number of nitrogens with one attached hydrogen (secondary N) is 1. The second kappa shape index (κ2) is 6.20. The van der Waals surface area contributed by atoms with Crippen molar-refractivity contribution in [1.82, 2.24) is 5.32 Å². The molecule has 0 aliphatic carbocycles. The molecule has 0 fully saturated rings. The molecule has 0 saturated carbocycles. The number of carbonyl (C=O) groups is 1. The van der Waals surface area contributed by atoms with Crippen LogP contribution in [-0.4, -0.2) is 26.1 Å². The first kappa shape index (κ1) is 15.0. The minimum atomic E-state index is -3.43. The summed E-state index contributed by atoms with van der Waals surface area (Å²) in [6.07, 6.45) is -0.0386. The molecule has 0 aromatic heterocycles. The van der Waals surface area contributed by atoms with Gasteiger partial charge in [0.15, 0.2) is 9.84 Å². The van der Waals surface area contributed by atoms with E-state index >= 15 is 0 Å². The van der Waals surface area contributed by atoms with Crippen LogP contribution in [0.5, 0.6) is 0 Å². The first-order chi connectivity index (χ1) is 8.31. The van der Waals surface area contributed by atoms with E-state index in [0.717, 1.165) is 0 Å². The molecule has 0 aliphatic heterocycles. The monoisotopic (exact) mass is 289 g/mol. The van der Waals surface area contributed by atoms with Crippen LogP contribution in [0.25, 0.3) is 0 Å². The Balaban J connectivity index is 2.66. The average molecular weight is 290 g/mol. The summed E-state index contributed by atoms with van der Waals surface area (Å²) < 4.78 is 23.8. The molecule has 1 rings (SSSR count). The van der Waals surface area contributed by atoms with Gasteiger partial charge in [-0.25, -0.2) is 8.42 Å². The quantitative estimate of drug-likeness (QED) is 0.902. The van der Waals surface area contributed by atoms with E-state index in [2.05, 4.69) is 5.32 Å². The fourth-order valence-electron chi connectivity index (χ4n) is 1.38. The van der Waals surface area contributed by atoms with Crippen molar-refractivity contribution in [3.8, 4) is 0 Å². The summed E-state index contributed by atoms with van der Waals surface area (Å²) in [6, 6.07) is 5.93. The van der Waals surface area contributed by atoms with E-state index in [9.17, 15) is 13.2 Å². The Bertz CT molecular complexity index is 509. The van der Waals surface area contributed by atoms with Gasteiger partial charge in [0.25, 0.3) is 0 Å². The van der Waals surface area contributed by atoms with Crippen LogP contribution in [0.2, 0.25) is 5.02 Å². The van der Waals surface area contributed by atoms with E-state index in [4.69, 9.17) is 11.6 Å². The highest BCUT2D eigenvalue weighted by atomic mass is 35.5. The Morgan fingerprint density at radius 1 is 1.28 bits per heavy atom. The minimum Gasteiger partial charge on any atom is -0.354 e. The molecule has 100 valence electrons. The van der Waals surface area contributed by atoms with Gasteiger partial charge in [-0.2, -0.15) is 0 Å². The third kappa shape index (κ3) is 4.66. The molecule has 0 bridgehead atoms. The largest absolute Gasteiger partial charge is 0.354 e. The number of hydrogen-bond donors (Lipinski definition) is 1. The van der Waals surface area contributed by atoms with Crippen molar-refractivity contribution < 1.29 is 13.2 Å². The fourth-order valence-corrected chi connectivity index (χ4v) is 2.75. The van der Waals surface area contributed by atoms with E-state index < -0.39 is 9.84 Å². The summed E-state index contributed by atoms with van der Waals surface area (Å²) in [6.45, 7) is 3.65. The normalized spacial score (nSPS) is 11.6. The predicted molar refractivity (Wildman–Crippen MR) is 71.4 cm³/mol. The number of hydrogen-bond acceptors (Lipinski definition) is 3. The predicted octanol–water partition coefficient (Wildman–Crippen LogP) is 2.03. The number of benzene rings is 1. The Morgan fingerprint density at radius 3 is 2.33 bits per heavy atom. The van der Waals surface area contributed by atoms with Gasteiger partial charge < -0.3 is 5.32 Å². The van der Waals surface area contributed by atoms with E-state index in [1.807, 2.05) is 13.8 Å². The standard InChI is InChI=1S/C12H16ClNO3S/c1-9(2)14-12(15)7-8-18(16,17)11-5-3-10(13)4-6-11/h3-6,9H,7-8H2,1-2H3,(H,14,15). The molecule has 0 unspecified atom stereocenters. The van der Waals surface area contributed by atoms with Crippen molar-refractivity contribution in [2.75, 3.05) is 5.75 Å². The lowest BCUT2D eigenvalue weighted by molar-refractivity contribution is -0.121. The zero-order chi connectivity index (χ0) is 13.8. The topological polar surface area (TPSA) is 63.2 Å². The van der Waals surface area contributed by atoms with E-state index in [0.29, 0.717) is 5.02 Å². The van der Waals surface area contributed by atoms with Crippen LogP contribution in [-0.2, 0) is 14.6 Å². The van der Waals surface area contributed by atoms with Crippen molar-refractivity contribution >= 4 is 27.3 Å². The number of halogens is 1. The van der Waals surface area contributed by atoms with Gasteiger partial charge in [-0.15, -0.1) is 0 Å². The Morgan fingerprint density at radius 2 is 1.83 bits per heavy atom. The molecular weight excluding hydrogens is 274 g/mol. The highest BCUT2D eigenvalue weighted by Crippen LogP contribution is 2.15. The van der Waals surface area contributed by atoms with Crippen molar-refractivity contribution in [2.45, 2.75) is 31.2 Å². The third-order valence-electron chi connectivity index (χ3n) is 2.22. The van der Waals surface area contributed by atoms with Crippen molar-refractivity contribution in [3.05, 3.63) is 29.3 Å². The zero-order valence-corrected chi connectivity index (χ0v) is 11.9. The van der Waals surface area contributed by atoms with Crippen LogP contribution in [0.4, 0.5) is 0 Å². The van der Waals surface area contributed by atoms with Gasteiger partial charge >= 0.3 is 0 Å². The van der Waals surface area contributed by atoms with Gasteiger partial charge in [-0.3, -0.25) is 4.79 Å². The summed E-state index contributed by atoms with van der Waals surface area (Å²) in [5.74, 6) is -0.463. The van der Waals surface area contributed by atoms with E-state index in [1.54, 1.807) is 0 Å². The van der Waals surface area contributed by atoms with Crippen LogP contribution in [0.1, 0.15) is 20.3 Å². The Labute approximate surface area is 112 Å².